The Labute approximate surface area is 152 Å². The van der Waals surface area contributed by atoms with Crippen LogP contribution in [0.2, 0.25) is 0 Å². The van der Waals surface area contributed by atoms with Gasteiger partial charge in [-0.25, -0.2) is 0 Å². The number of aryl methyl sites for hydroxylation is 5. The van der Waals surface area contributed by atoms with Crippen molar-refractivity contribution >= 4 is 5.69 Å². The Kier molecular flexibility index (Phi) is 7.38. The van der Waals surface area contributed by atoms with Crippen LogP contribution >= 0.6 is 0 Å². The quantitative estimate of drug-likeness (QED) is 0.844. The molecule has 0 aliphatic carbocycles. The van der Waals surface area contributed by atoms with Crippen LogP contribution in [0.15, 0.2) is 24.3 Å². The molecule has 25 heavy (non-hydrogen) atoms. The molecule has 1 saturated heterocycles. The maximum atomic E-state index is 5.35. The van der Waals surface area contributed by atoms with Crippen LogP contribution in [0.5, 0.6) is 0 Å². The van der Waals surface area contributed by atoms with Gasteiger partial charge in [0.25, 0.3) is 0 Å². The predicted molar refractivity (Wildman–Crippen MR) is 104 cm³/mol. The lowest BCUT2D eigenvalue weighted by Gasteiger charge is -2.29. The minimum Gasteiger partial charge on any atom is -0.378 e. The van der Waals surface area contributed by atoms with E-state index in [-0.39, 0.29) is 0 Å². The topological polar surface area (TPSA) is 38.2 Å². The third kappa shape index (κ3) is 6.13. The first-order valence-electron chi connectivity index (χ1n) is 9.26. The maximum absolute atomic E-state index is 5.35. The zero-order chi connectivity index (χ0) is 18.2. The van der Waals surface area contributed by atoms with Crippen molar-refractivity contribution in [3.63, 3.8) is 0 Å². The summed E-state index contributed by atoms with van der Waals surface area (Å²) in [5.41, 5.74) is 7.20. The lowest BCUT2D eigenvalue weighted by molar-refractivity contribution is 0.122. The van der Waals surface area contributed by atoms with Crippen LogP contribution in [0.3, 0.4) is 0 Å². The molecule has 1 fully saturated rings. The molecule has 0 amide bonds. The molecule has 3 rings (SSSR count). The van der Waals surface area contributed by atoms with Gasteiger partial charge in [-0.2, -0.15) is 0 Å². The minimum atomic E-state index is 0.836. The molecule has 0 saturated carbocycles. The molecule has 0 bridgehead atoms. The van der Waals surface area contributed by atoms with E-state index in [1.807, 2.05) is 6.92 Å². The highest BCUT2D eigenvalue weighted by atomic mass is 16.5. The van der Waals surface area contributed by atoms with E-state index >= 15 is 0 Å². The standard InChI is InChI=1S/C12H18N2O.C9H13N/c1-3-11-9-12(8-10(2)13-11)14-4-6-15-7-5-14;1-4-9-6-7(2)5-8(3)10-9/h8-9H,3-7H2,1-2H3;5-6H,4H2,1-3H3. The van der Waals surface area contributed by atoms with Crippen molar-refractivity contribution in [2.45, 2.75) is 47.5 Å². The number of hydrogen-bond acceptors (Lipinski definition) is 4. The average molecular weight is 341 g/mol. The van der Waals surface area contributed by atoms with Crippen molar-refractivity contribution in [1.29, 1.82) is 0 Å². The predicted octanol–water partition coefficient (Wildman–Crippen LogP) is 4.05. The van der Waals surface area contributed by atoms with Crippen LogP contribution in [0.1, 0.15) is 42.2 Å². The summed E-state index contributed by atoms with van der Waals surface area (Å²) in [6.07, 6.45) is 2.03. The van der Waals surface area contributed by atoms with E-state index in [2.05, 4.69) is 66.8 Å². The maximum Gasteiger partial charge on any atom is 0.0642 e. The largest absolute Gasteiger partial charge is 0.378 e. The van der Waals surface area contributed by atoms with Gasteiger partial charge in [0, 0.05) is 41.6 Å². The second-order valence-electron chi connectivity index (χ2n) is 6.54. The number of pyridine rings is 2. The molecule has 1 aliphatic heterocycles. The molecule has 2 aromatic heterocycles. The Bertz CT molecular complexity index is 659. The number of ether oxygens (including phenoxy) is 1. The Morgan fingerprint density at radius 3 is 1.96 bits per heavy atom. The Morgan fingerprint density at radius 2 is 1.40 bits per heavy atom. The average Bonchev–Trinajstić information content (AvgIpc) is 2.61. The number of nitrogens with zero attached hydrogens (tertiary/aromatic N) is 3. The number of aromatic nitrogens is 2. The zero-order valence-electron chi connectivity index (χ0n) is 16.3. The summed E-state index contributed by atoms with van der Waals surface area (Å²) in [6, 6.07) is 8.58. The van der Waals surface area contributed by atoms with E-state index in [0.29, 0.717) is 0 Å². The highest BCUT2D eigenvalue weighted by Crippen LogP contribution is 2.18. The second-order valence-corrected chi connectivity index (χ2v) is 6.54. The Hall–Kier alpha value is -1.94. The molecule has 4 heteroatoms. The lowest BCUT2D eigenvalue weighted by Crippen LogP contribution is -2.36. The number of rotatable bonds is 3. The van der Waals surface area contributed by atoms with E-state index < -0.39 is 0 Å². The van der Waals surface area contributed by atoms with Crippen LogP contribution in [-0.2, 0) is 17.6 Å². The van der Waals surface area contributed by atoms with Crippen LogP contribution in [0.4, 0.5) is 5.69 Å². The molecular weight excluding hydrogens is 310 g/mol. The summed E-state index contributed by atoms with van der Waals surface area (Å²) in [6.45, 7) is 14.1. The van der Waals surface area contributed by atoms with Gasteiger partial charge in [0.05, 0.1) is 13.2 Å². The van der Waals surface area contributed by atoms with Gasteiger partial charge in [-0.05, 0) is 63.4 Å². The SMILES string of the molecule is CCc1cc(C)cc(C)n1.CCc1cc(N2CCOCC2)cc(C)n1. The molecule has 136 valence electrons. The van der Waals surface area contributed by atoms with Crippen molar-refractivity contribution in [2.75, 3.05) is 31.2 Å². The summed E-state index contributed by atoms with van der Waals surface area (Å²) < 4.78 is 5.35. The second kappa shape index (κ2) is 9.52. The van der Waals surface area contributed by atoms with Gasteiger partial charge in [0.2, 0.25) is 0 Å². The molecule has 4 nitrogen and oxygen atoms in total. The molecule has 0 spiro atoms. The number of anilines is 1. The molecule has 0 N–H and O–H groups in total. The van der Waals surface area contributed by atoms with Crippen molar-refractivity contribution in [3.8, 4) is 0 Å². The third-order valence-electron chi connectivity index (χ3n) is 4.24. The first-order valence-corrected chi connectivity index (χ1v) is 9.26. The minimum absolute atomic E-state index is 0.836. The third-order valence-corrected chi connectivity index (χ3v) is 4.24. The van der Waals surface area contributed by atoms with E-state index in [1.54, 1.807) is 0 Å². The summed E-state index contributed by atoms with van der Waals surface area (Å²) in [7, 11) is 0. The van der Waals surface area contributed by atoms with Crippen LogP contribution in [-0.4, -0.2) is 36.3 Å². The lowest BCUT2D eigenvalue weighted by atomic mass is 10.2. The molecule has 3 heterocycles. The molecule has 0 atom stereocenters. The van der Waals surface area contributed by atoms with E-state index in [4.69, 9.17) is 4.74 Å². The summed E-state index contributed by atoms with van der Waals surface area (Å²) in [4.78, 5) is 11.2. The molecule has 0 unspecified atom stereocenters. The first kappa shape index (κ1) is 19.4. The van der Waals surface area contributed by atoms with Gasteiger partial charge in [-0.3, -0.25) is 9.97 Å². The van der Waals surface area contributed by atoms with E-state index in [1.165, 1.54) is 22.6 Å². The highest BCUT2D eigenvalue weighted by Gasteiger charge is 2.12. The smallest absolute Gasteiger partial charge is 0.0642 e. The number of hydrogen-bond donors (Lipinski definition) is 0. The zero-order valence-corrected chi connectivity index (χ0v) is 16.3. The fourth-order valence-electron chi connectivity index (χ4n) is 3.01. The normalized spacial score (nSPS) is 14.0. The van der Waals surface area contributed by atoms with Gasteiger partial charge < -0.3 is 9.64 Å². The Morgan fingerprint density at radius 1 is 0.840 bits per heavy atom. The summed E-state index contributed by atoms with van der Waals surface area (Å²) in [5, 5.41) is 0. The Balaban J connectivity index is 0.000000196. The van der Waals surface area contributed by atoms with Gasteiger partial charge >= 0.3 is 0 Å². The summed E-state index contributed by atoms with van der Waals surface area (Å²) in [5.74, 6) is 0. The van der Waals surface area contributed by atoms with Gasteiger partial charge in [0.1, 0.15) is 0 Å². The van der Waals surface area contributed by atoms with Crippen molar-refractivity contribution in [3.05, 3.63) is 52.6 Å². The molecule has 1 aliphatic rings. The van der Waals surface area contributed by atoms with E-state index in [9.17, 15) is 0 Å². The molecule has 0 aromatic carbocycles. The fourth-order valence-corrected chi connectivity index (χ4v) is 3.01. The first-order chi connectivity index (χ1) is 12.0. The summed E-state index contributed by atoms with van der Waals surface area (Å²) >= 11 is 0. The van der Waals surface area contributed by atoms with Crippen LogP contribution in [0.25, 0.3) is 0 Å². The fraction of sp³-hybridized carbons (Fsp3) is 0.524. The van der Waals surface area contributed by atoms with Crippen molar-refractivity contribution in [1.82, 2.24) is 9.97 Å². The van der Waals surface area contributed by atoms with Gasteiger partial charge in [0.15, 0.2) is 0 Å². The van der Waals surface area contributed by atoms with Crippen LogP contribution < -0.4 is 4.90 Å². The van der Waals surface area contributed by atoms with Crippen LogP contribution in [0, 0.1) is 20.8 Å². The highest BCUT2D eigenvalue weighted by molar-refractivity contribution is 5.48. The monoisotopic (exact) mass is 341 g/mol. The molecule has 0 radical (unpaired) electrons. The van der Waals surface area contributed by atoms with E-state index in [0.717, 1.165) is 50.5 Å². The van der Waals surface area contributed by atoms with Gasteiger partial charge in [-0.1, -0.05) is 13.8 Å². The van der Waals surface area contributed by atoms with Crippen molar-refractivity contribution in [2.24, 2.45) is 0 Å². The van der Waals surface area contributed by atoms with Gasteiger partial charge in [-0.15, -0.1) is 0 Å². The molecular formula is C21H31N3O. The molecule has 2 aromatic rings. The number of morpholine rings is 1. The van der Waals surface area contributed by atoms with Crippen molar-refractivity contribution < 1.29 is 4.74 Å².